The summed E-state index contributed by atoms with van der Waals surface area (Å²) in [7, 11) is -3.56. The molecule has 4 rings (SSSR count). The standard InChI is InChI=1S/C16H20N4O5S2/c21-14(17-16-19-18-15(25-16)12-5-2-8-24-12)11-4-1-7-20(10-11)27(22,23)13-6-3-9-26-13/h3,6,9,11-12H,1-2,4-5,7-8,10H2,(H,17,19,21). The van der Waals surface area contributed by atoms with Crippen LogP contribution in [0.3, 0.4) is 0 Å². The summed E-state index contributed by atoms with van der Waals surface area (Å²) < 4.78 is 38.0. The Bertz CT molecular complexity index is 890. The molecule has 0 spiro atoms. The molecule has 2 fully saturated rings. The van der Waals surface area contributed by atoms with Gasteiger partial charge < -0.3 is 9.15 Å². The minimum Gasteiger partial charge on any atom is -0.405 e. The first-order chi connectivity index (χ1) is 13.0. The highest BCUT2D eigenvalue weighted by Crippen LogP contribution is 2.29. The zero-order valence-electron chi connectivity index (χ0n) is 14.5. The number of ether oxygens (including phenoxy) is 1. The molecule has 2 aliphatic heterocycles. The van der Waals surface area contributed by atoms with Gasteiger partial charge in [0, 0.05) is 19.7 Å². The number of nitrogens with zero attached hydrogens (tertiary/aromatic N) is 3. The lowest BCUT2D eigenvalue weighted by Crippen LogP contribution is -2.43. The van der Waals surface area contributed by atoms with Gasteiger partial charge >= 0.3 is 6.01 Å². The Morgan fingerprint density at radius 1 is 1.30 bits per heavy atom. The highest BCUT2D eigenvalue weighted by atomic mass is 32.2. The molecule has 2 atom stereocenters. The molecule has 1 amide bonds. The normalized spacial score (nSPS) is 24.1. The molecule has 0 radical (unpaired) electrons. The second-order valence-electron chi connectivity index (χ2n) is 6.57. The number of carbonyl (C=O) groups excluding carboxylic acids is 1. The number of amides is 1. The summed E-state index contributed by atoms with van der Waals surface area (Å²) in [6.07, 6.45) is 2.76. The number of carbonyl (C=O) groups is 1. The van der Waals surface area contributed by atoms with Gasteiger partial charge in [0.1, 0.15) is 10.3 Å². The van der Waals surface area contributed by atoms with Crippen LogP contribution in [0.2, 0.25) is 0 Å². The molecule has 1 N–H and O–H groups in total. The Morgan fingerprint density at radius 3 is 2.93 bits per heavy atom. The number of hydrogen-bond donors (Lipinski definition) is 1. The van der Waals surface area contributed by atoms with Crippen LogP contribution in [0.4, 0.5) is 6.01 Å². The number of hydrogen-bond acceptors (Lipinski definition) is 8. The van der Waals surface area contributed by atoms with Crippen LogP contribution in [0.25, 0.3) is 0 Å². The van der Waals surface area contributed by atoms with Gasteiger partial charge in [0.05, 0.1) is 5.92 Å². The first kappa shape index (κ1) is 18.5. The summed E-state index contributed by atoms with van der Waals surface area (Å²) in [4.78, 5) is 12.6. The van der Waals surface area contributed by atoms with E-state index >= 15 is 0 Å². The predicted octanol–water partition coefficient (Wildman–Crippen LogP) is 2.02. The number of nitrogens with one attached hydrogen (secondary N) is 1. The topological polar surface area (TPSA) is 115 Å². The summed E-state index contributed by atoms with van der Waals surface area (Å²) in [5.74, 6) is -0.427. The summed E-state index contributed by atoms with van der Waals surface area (Å²) >= 11 is 1.18. The Balaban J connectivity index is 1.40. The van der Waals surface area contributed by atoms with E-state index in [1.807, 2.05) is 0 Å². The number of sulfonamides is 1. The van der Waals surface area contributed by atoms with Crippen molar-refractivity contribution in [1.82, 2.24) is 14.5 Å². The second-order valence-corrected chi connectivity index (χ2v) is 9.68. The highest BCUT2D eigenvalue weighted by Gasteiger charge is 2.34. The molecule has 146 valence electrons. The third kappa shape index (κ3) is 3.91. The van der Waals surface area contributed by atoms with Crippen LogP contribution >= 0.6 is 11.3 Å². The molecule has 2 aromatic rings. The summed E-state index contributed by atoms with van der Waals surface area (Å²) in [6, 6.07) is 3.30. The van der Waals surface area contributed by atoms with E-state index in [-0.39, 0.29) is 24.6 Å². The van der Waals surface area contributed by atoms with Crippen molar-refractivity contribution in [3.8, 4) is 0 Å². The summed E-state index contributed by atoms with van der Waals surface area (Å²) in [5.41, 5.74) is 0. The number of anilines is 1. The van der Waals surface area contributed by atoms with Gasteiger partial charge in [-0.3, -0.25) is 10.1 Å². The van der Waals surface area contributed by atoms with E-state index < -0.39 is 15.9 Å². The lowest BCUT2D eigenvalue weighted by Gasteiger charge is -2.30. The maximum atomic E-state index is 12.7. The van der Waals surface area contributed by atoms with Gasteiger partial charge in [-0.15, -0.1) is 16.4 Å². The van der Waals surface area contributed by atoms with Crippen LogP contribution in [0.1, 0.15) is 37.7 Å². The van der Waals surface area contributed by atoms with Gasteiger partial charge in [0.2, 0.25) is 11.8 Å². The molecule has 0 bridgehead atoms. The zero-order valence-corrected chi connectivity index (χ0v) is 16.2. The van der Waals surface area contributed by atoms with Crippen LogP contribution in [0, 0.1) is 5.92 Å². The zero-order chi connectivity index (χ0) is 18.9. The minimum absolute atomic E-state index is 0.0173. The van der Waals surface area contributed by atoms with Crippen LogP contribution < -0.4 is 5.32 Å². The van der Waals surface area contributed by atoms with Gasteiger partial charge in [0.25, 0.3) is 10.0 Å². The van der Waals surface area contributed by atoms with Crippen LogP contribution in [-0.4, -0.2) is 48.5 Å². The number of aromatic nitrogens is 2. The van der Waals surface area contributed by atoms with Gasteiger partial charge in [-0.1, -0.05) is 11.2 Å². The third-order valence-corrected chi connectivity index (χ3v) is 7.96. The number of thiophene rings is 1. The molecule has 2 aromatic heterocycles. The van der Waals surface area contributed by atoms with Crippen molar-refractivity contribution >= 4 is 33.3 Å². The van der Waals surface area contributed by atoms with Gasteiger partial charge in [0.15, 0.2) is 0 Å². The summed E-state index contributed by atoms with van der Waals surface area (Å²) in [6.45, 7) is 1.21. The van der Waals surface area contributed by atoms with Gasteiger partial charge in [-0.25, -0.2) is 8.42 Å². The fraction of sp³-hybridized carbons (Fsp3) is 0.562. The van der Waals surface area contributed by atoms with Crippen molar-refractivity contribution < 1.29 is 22.4 Å². The van der Waals surface area contributed by atoms with Crippen molar-refractivity contribution in [2.75, 3.05) is 25.0 Å². The van der Waals surface area contributed by atoms with Crippen molar-refractivity contribution in [2.45, 2.75) is 36.0 Å². The highest BCUT2D eigenvalue weighted by molar-refractivity contribution is 7.91. The van der Waals surface area contributed by atoms with E-state index in [0.717, 1.165) is 12.8 Å². The van der Waals surface area contributed by atoms with Gasteiger partial charge in [-0.2, -0.15) is 4.31 Å². The maximum absolute atomic E-state index is 12.7. The van der Waals surface area contributed by atoms with E-state index in [1.54, 1.807) is 17.5 Å². The smallest absolute Gasteiger partial charge is 0.322 e. The molecule has 2 aliphatic rings. The summed E-state index contributed by atoms with van der Waals surface area (Å²) in [5, 5.41) is 12.1. The second kappa shape index (κ2) is 7.66. The number of rotatable bonds is 5. The molecule has 9 nitrogen and oxygen atoms in total. The van der Waals surface area contributed by atoms with E-state index in [1.165, 1.54) is 15.6 Å². The quantitative estimate of drug-likeness (QED) is 0.799. The first-order valence-corrected chi connectivity index (χ1v) is 11.2. The molecule has 11 heteroatoms. The van der Waals surface area contributed by atoms with Crippen molar-refractivity contribution in [1.29, 1.82) is 0 Å². The van der Waals surface area contributed by atoms with Crippen molar-refractivity contribution in [3.05, 3.63) is 23.4 Å². The molecule has 27 heavy (non-hydrogen) atoms. The Labute approximate surface area is 160 Å². The monoisotopic (exact) mass is 412 g/mol. The van der Waals surface area contributed by atoms with E-state index in [2.05, 4.69) is 15.5 Å². The Hall–Kier alpha value is -1.82. The Kier molecular flexibility index (Phi) is 5.26. The van der Waals surface area contributed by atoms with Crippen LogP contribution in [-0.2, 0) is 19.6 Å². The predicted molar refractivity (Wildman–Crippen MR) is 96.7 cm³/mol. The molecule has 0 aliphatic carbocycles. The van der Waals surface area contributed by atoms with E-state index in [4.69, 9.17) is 9.15 Å². The largest absolute Gasteiger partial charge is 0.405 e. The van der Waals surface area contributed by atoms with Crippen LogP contribution in [0.5, 0.6) is 0 Å². The fourth-order valence-electron chi connectivity index (χ4n) is 3.31. The van der Waals surface area contributed by atoms with Crippen molar-refractivity contribution in [3.63, 3.8) is 0 Å². The lowest BCUT2D eigenvalue weighted by atomic mass is 9.99. The SMILES string of the molecule is O=C(Nc1nnc(C2CCCO2)o1)C1CCCN(S(=O)(=O)c2cccs2)C1. The molecular formula is C16H20N4O5S2. The third-order valence-electron chi connectivity index (χ3n) is 4.72. The molecule has 0 saturated carbocycles. The molecule has 0 aromatic carbocycles. The minimum atomic E-state index is -3.56. The van der Waals surface area contributed by atoms with Gasteiger partial charge in [-0.05, 0) is 37.1 Å². The lowest BCUT2D eigenvalue weighted by molar-refractivity contribution is -0.121. The molecule has 2 saturated heterocycles. The molecule has 2 unspecified atom stereocenters. The van der Waals surface area contributed by atoms with Crippen LogP contribution in [0.15, 0.2) is 26.1 Å². The fourth-order valence-corrected chi connectivity index (χ4v) is 5.98. The first-order valence-electron chi connectivity index (χ1n) is 8.83. The average molecular weight is 412 g/mol. The maximum Gasteiger partial charge on any atom is 0.322 e. The molecular weight excluding hydrogens is 392 g/mol. The van der Waals surface area contributed by atoms with E-state index in [0.29, 0.717) is 36.1 Å². The Morgan fingerprint density at radius 2 is 2.19 bits per heavy atom. The van der Waals surface area contributed by atoms with Crippen molar-refractivity contribution in [2.24, 2.45) is 5.92 Å². The molecule has 4 heterocycles. The van der Waals surface area contributed by atoms with E-state index in [9.17, 15) is 13.2 Å². The number of piperidine rings is 1. The average Bonchev–Trinajstić information content (AvgIpc) is 3.42.